The Kier molecular flexibility index (Phi) is 8.39. The second-order valence-corrected chi connectivity index (χ2v) is 12.6. The average molecular weight is 640 g/mol. The van der Waals surface area contributed by atoms with Crippen molar-refractivity contribution in [1.29, 1.82) is 0 Å². The molecule has 0 unspecified atom stereocenters. The number of hydrogen-bond donors (Lipinski definition) is 1. The van der Waals surface area contributed by atoms with E-state index >= 15 is 0 Å². The van der Waals surface area contributed by atoms with Gasteiger partial charge in [0, 0.05) is 16.9 Å². The van der Waals surface area contributed by atoms with Gasteiger partial charge in [0.25, 0.3) is 0 Å². The predicted octanol–water partition coefficient (Wildman–Crippen LogP) is 14.1. The van der Waals surface area contributed by atoms with Crippen molar-refractivity contribution < 1.29 is 0 Å². The minimum Gasteiger partial charge on any atom is -0.355 e. The highest BCUT2D eigenvalue weighted by Gasteiger charge is 2.20. The van der Waals surface area contributed by atoms with Gasteiger partial charge in [0.15, 0.2) is 0 Å². The van der Waals surface area contributed by atoms with Gasteiger partial charge >= 0.3 is 0 Å². The molecular formula is C49H37N. The fourth-order valence-electron chi connectivity index (χ4n) is 7.32. The number of allylic oxidation sites excluding steroid dienone is 1. The van der Waals surface area contributed by atoms with Gasteiger partial charge in [0.05, 0.1) is 0 Å². The third-order valence-corrected chi connectivity index (χ3v) is 9.53. The van der Waals surface area contributed by atoms with E-state index in [0.29, 0.717) is 0 Å². The van der Waals surface area contributed by atoms with Crippen LogP contribution >= 0.6 is 0 Å². The Morgan fingerprint density at radius 3 is 1.78 bits per heavy atom. The van der Waals surface area contributed by atoms with E-state index in [1.807, 2.05) is 12.1 Å². The van der Waals surface area contributed by atoms with Crippen molar-refractivity contribution in [2.75, 3.05) is 5.32 Å². The Hall–Kier alpha value is -6.44. The van der Waals surface area contributed by atoms with Crippen molar-refractivity contribution in [3.63, 3.8) is 0 Å². The molecular weight excluding hydrogens is 603 g/mol. The smallest absolute Gasteiger partial charge is 0.0463 e. The molecule has 1 N–H and O–H groups in total. The monoisotopic (exact) mass is 639 g/mol. The van der Waals surface area contributed by atoms with Crippen LogP contribution in [0.2, 0.25) is 0 Å². The van der Waals surface area contributed by atoms with E-state index in [1.165, 1.54) is 66.1 Å². The van der Waals surface area contributed by atoms with Gasteiger partial charge in [0.1, 0.15) is 0 Å². The minimum absolute atomic E-state index is 1.07. The van der Waals surface area contributed by atoms with Crippen LogP contribution in [0.25, 0.3) is 78.2 Å². The summed E-state index contributed by atoms with van der Waals surface area (Å²) in [5, 5.41) is 8.54. The van der Waals surface area contributed by atoms with Crippen LogP contribution in [0.3, 0.4) is 0 Å². The largest absolute Gasteiger partial charge is 0.355 e. The summed E-state index contributed by atoms with van der Waals surface area (Å²) in [6, 6.07) is 60.8. The molecule has 0 spiro atoms. The summed E-state index contributed by atoms with van der Waals surface area (Å²) in [4.78, 5) is 0. The van der Waals surface area contributed by atoms with Crippen LogP contribution in [0.5, 0.6) is 0 Å². The Morgan fingerprint density at radius 2 is 1.02 bits per heavy atom. The summed E-state index contributed by atoms with van der Waals surface area (Å²) in [5.41, 5.74) is 14.0. The summed E-state index contributed by atoms with van der Waals surface area (Å²) in [6.45, 7) is 6.48. The zero-order chi connectivity index (χ0) is 33.9. The number of para-hydroxylation sites is 2. The highest BCUT2D eigenvalue weighted by molar-refractivity contribution is 6.15. The fraction of sp³-hybridized carbons (Fsp3) is 0.0204. The SMILES string of the molecule is C=Cc1c(/C=C\C)c(-c2cccc3ccccc23)c2ccccc2c1-c1cccc(-c2cccc(-c3ccccc3Nc3ccccc3)c2)c1. The Labute approximate surface area is 294 Å². The summed E-state index contributed by atoms with van der Waals surface area (Å²) in [6.07, 6.45) is 6.43. The van der Waals surface area contributed by atoms with Crippen LogP contribution in [0, 0.1) is 0 Å². The van der Waals surface area contributed by atoms with E-state index in [2.05, 4.69) is 195 Å². The molecule has 0 aromatic heterocycles. The molecule has 50 heavy (non-hydrogen) atoms. The molecule has 0 heterocycles. The Bertz CT molecular complexity index is 2530. The first-order chi connectivity index (χ1) is 24.7. The molecule has 0 saturated carbocycles. The van der Waals surface area contributed by atoms with Crippen LogP contribution in [0.1, 0.15) is 18.1 Å². The number of hydrogen-bond acceptors (Lipinski definition) is 1. The summed E-state index contributed by atoms with van der Waals surface area (Å²) >= 11 is 0. The molecule has 0 saturated heterocycles. The number of benzene rings is 8. The van der Waals surface area contributed by atoms with Crippen molar-refractivity contribution >= 4 is 45.1 Å². The van der Waals surface area contributed by atoms with E-state index in [-0.39, 0.29) is 0 Å². The van der Waals surface area contributed by atoms with Gasteiger partial charge < -0.3 is 5.32 Å². The standard InChI is InChI=1S/C49H37N/c1-3-17-43-40(4-2)48(45-28-10-11-29-46(45)49(43)44-30-16-19-34-18-8-9-26-41(34)44)38-23-15-21-36(33-38)35-20-14-22-37(32-35)42-27-12-13-31-47(42)50-39-24-6-5-7-25-39/h3-33,50H,2H2,1H3/b17-3-. The molecule has 0 radical (unpaired) electrons. The normalized spacial score (nSPS) is 11.3. The first-order valence-corrected chi connectivity index (χ1v) is 17.2. The second kappa shape index (κ2) is 13.6. The van der Waals surface area contributed by atoms with Crippen molar-refractivity contribution in [2.24, 2.45) is 0 Å². The predicted molar refractivity (Wildman–Crippen MR) is 218 cm³/mol. The lowest BCUT2D eigenvalue weighted by molar-refractivity contribution is 1.53. The summed E-state index contributed by atoms with van der Waals surface area (Å²) < 4.78 is 0. The van der Waals surface area contributed by atoms with E-state index < -0.39 is 0 Å². The van der Waals surface area contributed by atoms with Crippen LogP contribution in [-0.4, -0.2) is 0 Å². The number of fused-ring (bicyclic) bond motifs is 2. The maximum atomic E-state index is 4.39. The van der Waals surface area contributed by atoms with Gasteiger partial charge in [-0.1, -0.05) is 164 Å². The molecule has 1 heteroatoms. The van der Waals surface area contributed by atoms with Crippen LogP contribution in [-0.2, 0) is 0 Å². The van der Waals surface area contributed by atoms with Gasteiger partial charge in [-0.25, -0.2) is 0 Å². The van der Waals surface area contributed by atoms with Crippen molar-refractivity contribution in [3.8, 4) is 44.5 Å². The zero-order valence-electron chi connectivity index (χ0n) is 28.1. The minimum atomic E-state index is 1.07. The van der Waals surface area contributed by atoms with E-state index in [1.54, 1.807) is 0 Å². The highest BCUT2D eigenvalue weighted by atomic mass is 14.9. The molecule has 0 aliphatic carbocycles. The lowest BCUT2D eigenvalue weighted by Gasteiger charge is -2.21. The van der Waals surface area contributed by atoms with Crippen molar-refractivity contribution in [1.82, 2.24) is 0 Å². The topological polar surface area (TPSA) is 12.0 Å². The first kappa shape index (κ1) is 30.9. The van der Waals surface area contributed by atoms with Gasteiger partial charge in [-0.15, -0.1) is 0 Å². The second-order valence-electron chi connectivity index (χ2n) is 12.6. The number of anilines is 2. The van der Waals surface area contributed by atoms with Gasteiger partial charge in [-0.2, -0.15) is 0 Å². The van der Waals surface area contributed by atoms with Crippen molar-refractivity contribution in [3.05, 3.63) is 194 Å². The number of nitrogens with one attached hydrogen (secondary N) is 1. The molecule has 0 aliphatic rings. The van der Waals surface area contributed by atoms with Crippen LogP contribution < -0.4 is 5.32 Å². The molecule has 8 aromatic carbocycles. The lowest BCUT2D eigenvalue weighted by atomic mass is 9.82. The Balaban J connectivity index is 1.29. The molecule has 0 amide bonds. The highest BCUT2D eigenvalue weighted by Crippen LogP contribution is 2.45. The average Bonchev–Trinajstić information content (AvgIpc) is 3.18. The summed E-state index contributed by atoms with van der Waals surface area (Å²) in [5.74, 6) is 0. The molecule has 238 valence electrons. The molecule has 0 bridgehead atoms. The maximum absolute atomic E-state index is 4.39. The number of rotatable bonds is 8. The first-order valence-electron chi connectivity index (χ1n) is 17.2. The van der Waals surface area contributed by atoms with Gasteiger partial charge in [0.2, 0.25) is 0 Å². The Morgan fingerprint density at radius 1 is 0.460 bits per heavy atom. The van der Waals surface area contributed by atoms with E-state index in [9.17, 15) is 0 Å². The molecule has 0 fully saturated rings. The maximum Gasteiger partial charge on any atom is 0.0463 e. The summed E-state index contributed by atoms with van der Waals surface area (Å²) in [7, 11) is 0. The van der Waals surface area contributed by atoms with Gasteiger partial charge in [-0.05, 0) is 109 Å². The van der Waals surface area contributed by atoms with Crippen LogP contribution in [0.4, 0.5) is 11.4 Å². The zero-order valence-corrected chi connectivity index (χ0v) is 28.1. The third-order valence-electron chi connectivity index (χ3n) is 9.53. The lowest BCUT2D eigenvalue weighted by Crippen LogP contribution is -1.97. The molecule has 1 nitrogen and oxygen atoms in total. The fourth-order valence-corrected chi connectivity index (χ4v) is 7.32. The van der Waals surface area contributed by atoms with E-state index in [4.69, 9.17) is 0 Å². The van der Waals surface area contributed by atoms with Crippen molar-refractivity contribution in [2.45, 2.75) is 6.92 Å². The van der Waals surface area contributed by atoms with Gasteiger partial charge in [-0.3, -0.25) is 0 Å². The third kappa shape index (κ3) is 5.70. The molecule has 0 aliphatic heterocycles. The quantitative estimate of drug-likeness (QED) is 0.174. The van der Waals surface area contributed by atoms with Crippen LogP contribution in [0.15, 0.2) is 183 Å². The molecule has 8 rings (SSSR count). The van der Waals surface area contributed by atoms with E-state index in [0.717, 1.165) is 22.5 Å². The molecule has 8 aromatic rings. The molecule has 0 atom stereocenters.